The quantitative estimate of drug-likeness (QED) is 0.457. The lowest BCUT2D eigenvalue weighted by Gasteiger charge is -2.31. The summed E-state index contributed by atoms with van der Waals surface area (Å²) in [7, 11) is 0. The van der Waals surface area contributed by atoms with Gasteiger partial charge in [0.2, 0.25) is 5.95 Å². The molecule has 8 nitrogen and oxygen atoms in total. The highest BCUT2D eigenvalue weighted by Gasteiger charge is 2.20. The van der Waals surface area contributed by atoms with Gasteiger partial charge in [-0.15, -0.1) is 5.10 Å². The van der Waals surface area contributed by atoms with Gasteiger partial charge < -0.3 is 14.8 Å². The molecular formula is C22H25F3N8. The lowest BCUT2D eigenvalue weighted by molar-refractivity contribution is 0.127. The van der Waals surface area contributed by atoms with Gasteiger partial charge in [-0.1, -0.05) is 0 Å². The molecule has 0 unspecified atom stereocenters. The first kappa shape index (κ1) is 21.6. The molecule has 1 fully saturated rings. The summed E-state index contributed by atoms with van der Waals surface area (Å²) >= 11 is 0. The van der Waals surface area contributed by atoms with Crippen molar-refractivity contribution in [2.24, 2.45) is 0 Å². The number of fused-ring (bicyclic) bond motifs is 2. The van der Waals surface area contributed by atoms with Crippen LogP contribution in [0.1, 0.15) is 18.7 Å². The van der Waals surface area contributed by atoms with Crippen LogP contribution in [-0.2, 0) is 6.54 Å². The van der Waals surface area contributed by atoms with Crippen molar-refractivity contribution in [1.29, 1.82) is 0 Å². The lowest BCUT2D eigenvalue weighted by Crippen LogP contribution is -2.40. The zero-order valence-corrected chi connectivity index (χ0v) is 18.3. The van der Waals surface area contributed by atoms with Crippen molar-refractivity contribution >= 4 is 22.6 Å². The largest absolute Gasteiger partial charge is 0.350 e. The maximum atomic E-state index is 13.0. The second-order valence-corrected chi connectivity index (χ2v) is 8.29. The average molecular weight is 458 g/mol. The normalized spacial score (nSPS) is 15.8. The van der Waals surface area contributed by atoms with E-state index in [1.165, 1.54) is 4.57 Å². The molecule has 0 atom stereocenters. The topological polar surface area (TPSA) is 76.2 Å². The predicted octanol–water partition coefficient (Wildman–Crippen LogP) is 3.56. The molecular weight excluding hydrogens is 433 g/mol. The molecule has 5 rings (SSSR count). The highest BCUT2D eigenvalue weighted by molar-refractivity contribution is 5.82. The summed E-state index contributed by atoms with van der Waals surface area (Å²) in [5, 5.41) is 7.95. The van der Waals surface area contributed by atoms with Gasteiger partial charge in [0.25, 0.3) is 6.43 Å². The van der Waals surface area contributed by atoms with E-state index < -0.39 is 13.0 Å². The Balaban J connectivity index is 1.38. The number of imidazole rings is 1. The monoisotopic (exact) mass is 458 g/mol. The van der Waals surface area contributed by atoms with Crippen molar-refractivity contribution in [3.05, 3.63) is 36.4 Å². The molecule has 5 heterocycles. The Hall–Kier alpha value is -3.21. The van der Waals surface area contributed by atoms with Crippen LogP contribution < -0.4 is 5.32 Å². The number of rotatable bonds is 7. The van der Waals surface area contributed by atoms with Crippen LogP contribution in [-0.4, -0.2) is 72.8 Å². The Labute approximate surface area is 188 Å². The minimum absolute atomic E-state index is 0.246. The maximum Gasteiger partial charge on any atom is 0.256 e. The fraction of sp³-hybridized carbons (Fsp3) is 0.455. The van der Waals surface area contributed by atoms with Gasteiger partial charge in [-0.3, -0.25) is 0 Å². The summed E-state index contributed by atoms with van der Waals surface area (Å²) in [4.78, 5) is 15.6. The molecule has 4 aromatic rings. The van der Waals surface area contributed by atoms with Crippen LogP contribution in [0.25, 0.3) is 27.9 Å². The summed E-state index contributed by atoms with van der Waals surface area (Å²) in [6.45, 7) is 3.14. The zero-order valence-electron chi connectivity index (χ0n) is 18.3. The molecule has 0 spiro atoms. The van der Waals surface area contributed by atoms with Crippen molar-refractivity contribution in [3.63, 3.8) is 0 Å². The molecule has 1 N–H and O–H groups in total. The molecule has 1 saturated heterocycles. The minimum atomic E-state index is -2.49. The third-order valence-electron chi connectivity index (χ3n) is 6.12. The molecule has 0 aliphatic carbocycles. The number of aromatic nitrogens is 6. The summed E-state index contributed by atoms with van der Waals surface area (Å²) in [6, 6.07) is 5.75. The third kappa shape index (κ3) is 4.37. The Bertz CT molecular complexity index is 1260. The van der Waals surface area contributed by atoms with E-state index in [0.29, 0.717) is 35.2 Å². The number of halogens is 3. The molecule has 174 valence electrons. The second-order valence-electron chi connectivity index (χ2n) is 8.29. The van der Waals surface area contributed by atoms with Gasteiger partial charge >= 0.3 is 0 Å². The number of pyridine rings is 1. The van der Waals surface area contributed by atoms with E-state index in [2.05, 4.69) is 30.3 Å². The van der Waals surface area contributed by atoms with E-state index in [4.69, 9.17) is 0 Å². The lowest BCUT2D eigenvalue weighted by atomic mass is 10.1. The summed E-state index contributed by atoms with van der Waals surface area (Å²) in [6.07, 6.45) is 2.89. The number of nitrogens with one attached hydrogen (secondary N) is 1. The first-order chi connectivity index (χ1) is 16.0. The third-order valence-corrected chi connectivity index (χ3v) is 6.12. The van der Waals surface area contributed by atoms with Crippen LogP contribution in [0.5, 0.6) is 0 Å². The van der Waals surface area contributed by atoms with Crippen LogP contribution in [0.4, 0.5) is 19.1 Å². The zero-order chi connectivity index (χ0) is 22.9. The SMILES string of the molecule is Cc1nc2ccc(-c3ccn4nc(NC5CCN(CCF)CC5)ncc34)nc2n1CC(F)F. The smallest absolute Gasteiger partial charge is 0.256 e. The number of anilines is 1. The second kappa shape index (κ2) is 8.97. The molecule has 0 aromatic carbocycles. The summed E-state index contributed by atoms with van der Waals surface area (Å²) in [5.41, 5.74) is 3.24. The predicted molar refractivity (Wildman–Crippen MR) is 119 cm³/mol. The molecule has 33 heavy (non-hydrogen) atoms. The van der Waals surface area contributed by atoms with Crippen molar-refractivity contribution < 1.29 is 13.2 Å². The van der Waals surface area contributed by atoms with Crippen molar-refractivity contribution in [1.82, 2.24) is 34.0 Å². The Kier molecular flexibility index (Phi) is 5.88. The fourth-order valence-electron chi connectivity index (χ4n) is 4.41. The number of hydrogen-bond acceptors (Lipinski definition) is 6. The number of alkyl halides is 3. The molecule has 0 amide bonds. The summed E-state index contributed by atoms with van der Waals surface area (Å²) < 4.78 is 41.8. The standard InChI is InChI=1S/C22H25F3N8/c1-14-27-18-3-2-17(29-21(18)32(14)13-20(24)25)16-6-10-33-19(16)12-26-22(30-33)28-15-4-8-31(9-5-15)11-7-23/h2-3,6,10,12,15,20H,4-5,7-9,11,13H2,1H3,(H,28,30). The average Bonchev–Trinajstić information content (AvgIpc) is 3.35. The van der Waals surface area contributed by atoms with Gasteiger partial charge in [0, 0.05) is 37.4 Å². The van der Waals surface area contributed by atoms with Crippen molar-refractivity contribution in [3.8, 4) is 11.3 Å². The van der Waals surface area contributed by atoms with Crippen LogP contribution in [0.15, 0.2) is 30.6 Å². The molecule has 11 heteroatoms. The number of hydrogen-bond donors (Lipinski definition) is 1. The van der Waals surface area contributed by atoms with E-state index in [-0.39, 0.29) is 12.7 Å². The number of aryl methyl sites for hydroxylation is 1. The highest BCUT2D eigenvalue weighted by Crippen LogP contribution is 2.27. The Morgan fingerprint density at radius 1 is 1.15 bits per heavy atom. The van der Waals surface area contributed by atoms with Gasteiger partial charge in [0.15, 0.2) is 5.65 Å². The Morgan fingerprint density at radius 3 is 2.73 bits per heavy atom. The maximum absolute atomic E-state index is 13.0. The van der Waals surface area contributed by atoms with Crippen LogP contribution in [0, 0.1) is 6.92 Å². The van der Waals surface area contributed by atoms with E-state index in [0.717, 1.165) is 37.0 Å². The Morgan fingerprint density at radius 2 is 1.97 bits per heavy atom. The van der Waals surface area contributed by atoms with Crippen molar-refractivity contribution in [2.45, 2.75) is 38.8 Å². The first-order valence-corrected chi connectivity index (χ1v) is 11.0. The fourth-order valence-corrected chi connectivity index (χ4v) is 4.41. The molecule has 0 bridgehead atoms. The first-order valence-electron chi connectivity index (χ1n) is 11.0. The molecule has 1 aliphatic heterocycles. The van der Waals surface area contributed by atoms with Crippen LogP contribution >= 0.6 is 0 Å². The minimum Gasteiger partial charge on any atom is -0.350 e. The highest BCUT2D eigenvalue weighted by atomic mass is 19.3. The van der Waals surface area contributed by atoms with Crippen molar-refractivity contribution in [2.75, 3.05) is 31.6 Å². The van der Waals surface area contributed by atoms with Gasteiger partial charge in [-0.2, -0.15) is 0 Å². The van der Waals surface area contributed by atoms with E-state index >= 15 is 0 Å². The molecule has 1 aliphatic rings. The van der Waals surface area contributed by atoms with Gasteiger partial charge in [0.1, 0.15) is 18.0 Å². The van der Waals surface area contributed by atoms with Gasteiger partial charge in [-0.05, 0) is 38.0 Å². The summed E-state index contributed by atoms with van der Waals surface area (Å²) in [5.74, 6) is 1.04. The number of piperidine rings is 1. The van der Waals surface area contributed by atoms with Crippen LogP contribution in [0.2, 0.25) is 0 Å². The van der Waals surface area contributed by atoms with E-state index in [1.807, 2.05) is 18.3 Å². The molecule has 4 aromatic heterocycles. The van der Waals surface area contributed by atoms with E-state index in [9.17, 15) is 13.2 Å². The van der Waals surface area contributed by atoms with E-state index in [1.54, 1.807) is 23.7 Å². The molecule has 0 saturated carbocycles. The number of nitrogens with zero attached hydrogens (tertiary/aromatic N) is 7. The molecule has 0 radical (unpaired) electrons. The number of likely N-dealkylation sites (tertiary alicyclic amines) is 1. The van der Waals surface area contributed by atoms with Crippen LogP contribution in [0.3, 0.4) is 0 Å². The van der Waals surface area contributed by atoms with Gasteiger partial charge in [-0.25, -0.2) is 32.6 Å². The van der Waals surface area contributed by atoms with Gasteiger partial charge in [0.05, 0.1) is 24.0 Å².